The fourth-order valence-corrected chi connectivity index (χ4v) is 3.08. The highest BCUT2D eigenvalue weighted by molar-refractivity contribution is 7.13. The minimum absolute atomic E-state index is 0.0335. The molecule has 0 unspecified atom stereocenters. The molecule has 0 aliphatic rings. The standard InChI is InChI=1S/C17H19FN2O3S/c1-11(2)8-20(9-16(22)23)15(21)7-14-10-24-17(19-14)12-4-3-5-13(18)6-12/h3-6,10-11H,7-9H2,1-2H3,(H,22,23). The first kappa shape index (κ1) is 18.1. The van der Waals surface area contributed by atoms with E-state index in [-0.39, 0.29) is 30.6 Å². The molecule has 1 aromatic carbocycles. The Morgan fingerprint density at radius 1 is 1.38 bits per heavy atom. The molecule has 0 fully saturated rings. The lowest BCUT2D eigenvalue weighted by atomic mass is 10.2. The minimum Gasteiger partial charge on any atom is -0.480 e. The number of carbonyl (C=O) groups is 2. The van der Waals surface area contributed by atoms with Crippen LogP contribution in [-0.4, -0.2) is 40.0 Å². The van der Waals surface area contributed by atoms with E-state index in [0.29, 0.717) is 22.8 Å². The van der Waals surface area contributed by atoms with E-state index < -0.39 is 5.97 Å². The van der Waals surface area contributed by atoms with Crippen molar-refractivity contribution in [1.82, 2.24) is 9.88 Å². The van der Waals surface area contributed by atoms with Gasteiger partial charge in [0.1, 0.15) is 17.4 Å². The van der Waals surface area contributed by atoms with Crippen molar-refractivity contribution in [3.8, 4) is 10.6 Å². The zero-order chi connectivity index (χ0) is 17.7. The Balaban J connectivity index is 2.09. The Morgan fingerprint density at radius 3 is 2.75 bits per heavy atom. The largest absolute Gasteiger partial charge is 0.480 e. The third-order valence-electron chi connectivity index (χ3n) is 3.22. The zero-order valence-electron chi connectivity index (χ0n) is 13.5. The number of aromatic nitrogens is 1. The van der Waals surface area contributed by atoms with Crippen LogP contribution in [0.1, 0.15) is 19.5 Å². The molecule has 7 heteroatoms. The van der Waals surface area contributed by atoms with E-state index in [4.69, 9.17) is 5.11 Å². The maximum atomic E-state index is 13.3. The molecule has 2 rings (SSSR count). The third kappa shape index (κ3) is 5.13. The number of hydrogen-bond donors (Lipinski definition) is 1. The van der Waals surface area contributed by atoms with E-state index in [1.165, 1.54) is 28.4 Å². The summed E-state index contributed by atoms with van der Waals surface area (Å²) < 4.78 is 13.3. The molecular weight excluding hydrogens is 331 g/mol. The Morgan fingerprint density at radius 2 is 2.12 bits per heavy atom. The molecule has 1 aromatic heterocycles. The second kappa shape index (κ2) is 8.01. The summed E-state index contributed by atoms with van der Waals surface area (Å²) >= 11 is 1.33. The lowest BCUT2D eigenvalue weighted by Crippen LogP contribution is -2.39. The van der Waals surface area contributed by atoms with Crippen LogP contribution in [0.15, 0.2) is 29.6 Å². The molecule has 0 aliphatic heterocycles. The Kier molecular flexibility index (Phi) is 6.03. The van der Waals surface area contributed by atoms with Gasteiger partial charge in [-0.25, -0.2) is 9.37 Å². The summed E-state index contributed by atoms with van der Waals surface area (Å²) in [4.78, 5) is 29.0. The molecule has 1 heterocycles. The smallest absolute Gasteiger partial charge is 0.323 e. The Labute approximate surface area is 143 Å². The number of benzene rings is 1. The number of hydrogen-bond acceptors (Lipinski definition) is 4. The van der Waals surface area contributed by atoms with E-state index in [2.05, 4.69) is 4.98 Å². The number of amides is 1. The fraction of sp³-hybridized carbons (Fsp3) is 0.353. The highest BCUT2D eigenvalue weighted by atomic mass is 32.1. The fourth-order valence-electron chi connectivity index (χ4n) is 2.27. The first-order chi connectivity index (χ1) is 11.3. The van der Waals surface area contributed by atoms with Crippen molar-refractivity contribution < 1.29 is 19.1 Å². The van der Waals surface area contributed by atoms with Gasteiger partial charge in [-0.2, -0.15) is 0 Å². The molecular formula is C17H19FN2O3S. The first-order valence-corrected chi connectivity index (χ1v) is 8.43. The number of aliphatic carboxylic acids is 1. The van der Waals surface area contributed by atoms with Crippen LogP contribution in [0.2, 0.25) is 0 Å². The molecule has 0 saturated heterocycles. The third-order valence-corrected chi connectivity index (χ3v) is 4.16. The van der Waals surface area contributed by atoms with Crippen LogP contribution in [-0.2, 0) is 16.0 Å². The quantitative estimate of drug-likeness (QED) is 0.833. The first-order valence-electron chi connectivity index (χ1n) is 7.55. The van der Waals surface area contributed by atoms with Crippen LogP contribution >= 0.6 is 11.3 Å². The molecule has 24 heavy (non-hydrogen) atoms. The molecule has 0 spiro atoms. The molecule has 0 bridgehead atoms. The number of carboxylic acid groups (broad SMARTS) is 1. The van der Waals surface area contributed by atoms with Crippen molar-refractivity contribution in [2.45, 2.75) is 20.3 Å². The summed E-state index contributed by atoms with van der Waals surface area (Å²) in [5.41, 5.74) is 1.21. The number of thiazole rings is 1. The SMILES string of the molecule is CC(C)CN(CC(=O)O)C(=O)Cc1csc(-c2cccc(F)c2)n1. The normalized spacial score (nSPS) is 10.8. The average Bonchev–Trinajstić information content (AvgIpc) is 2.94. The molecule has 5 nitrogen and oxygen atoms in total. The van der Waals surface area contributed by atoms with Crippen LogP contribution in [0.3, 0.4) is 0 Å². The molecule has 128 valence electrons. The van der Waals surface area contributed by atoms with Gasteiger partial charge >= 0.3 is 5.97 Å². The Hall–Kier alpha value is -2.28. The summed E-state index contributed by atoms with van der Waals surface area (Å²) in [7, 11) is 0. The van der Waals surface area contributed by atoms with Crippen molar-refractivity contribution in [3.05, 3.63) is 41.2 Å². The van der Waals surface area contributed by atoms with Crippen molar-refractivity contribution in [1.29, 1.82) is 0 Å². The van der Waals surface area contributed by atoms with E-state index in [1.54, 1.807) is 17.5 Å². The second-order valence-electron chi connectivity index (χ2n) is 5.89. The monoisotopic (exact) mass is 350 g/mol. The molecule has 0 saturated carbocycles. The van der Waals surface area contributed by atoms with Gasteiger partial charge < -0.3 is 10.0 Å². The van der Waals surface area contributed by atoms with Gasteiger partial charge in [0.15, 0.2) is 0 Å². The van der Waals surface area contributed by atoms with Gasteiger partial charge in [0.05, 0.1) is 12.1 Å². The summed E-state index contributed by atoms with van der Waals surface area (Å²) in [6, 6.07) is 6.11. The number of halogens is 1. The van der Waals surface area contributed by atoms with Gasteiger partial charge in [-0.15, -0.1) is 11.3 Å². The van der Waals surface area contributed by atoms with Crippen LogP contribution in [0.25, 0.3) is 10.6 Å². The van der Waals surface area contributed by atoms with Crippen molar-refractivity contribution in [3.63, 3.8) is 0 Å². The number of rotatable bonds is 7. The van der Waals surface area contributed by atoms with Crippen molar-refractivity contribution in [2.75, 3.05) is 13.1 Å². The second-order valence-corrected chi connectivity index (χ2v) is 6.75. The zero-order valence-corrected chi connectivity index (χ0v) is 14.3. The topological polar surface area (TPSA) is 70.5 Å². The van der Waals surface area contributed by atoms with Gasteiger partial charge in [0, 0.05) is 17.5 Å². The lowest BCUT2D eigenvalue weighted by Gasteiger charge is -2.22. The highest BCUT2D eigenvalue weighted by Crippen LogP contribution is 2.24. The predicted molar refractivity (Wildman–Crippen MR) is 90.3 cm³/mol. The van der Waals surface area contributed by atoms with Crippen LogP contribution in [0.5, 0.6) is 0 Å². The van der Waals surface area contributed by atoms with E-state index in [0.717, 1.165) is 0 Å². The van der Waals surface area contributed by atoms with Gasteiger partial charge in [-0.05, 0) is 18.1 Å². The number of carbonyl (C=O) groups excluding carboxylic acids is 1. The minimum atomic E-state index is -1.04. The molecule has 1 amide bonds. The molecule has 1 N–H and O–H groups in total. The summed E-state index contributed by atoms with van der Waals surface area (Å²) in [5.74, 6) is -1.48. The van der Waals surface area contributed by atoms with E-state index >= 15 is 0 Å². The lowest BCUT2D eigenvalue weighted by molar-refractivity contribution is -0.144. The molecule has 0 radical (unpaired) electrons. The molecule has 2 aromatic rings. The predicted octanol–water partition coefficient (Wildman–Crippen LogP) is 3.06. The van der Waals surface area contributed by atoms with Crippen LogP contribution in [0.4, 0.5) is 4.39 Å². The average molecular weight is 350 g/mol. The number of nitrogens with zero attached hydrogens (tertiary/aromatic N) is 2. The van der Waals surface area contributed by atoms with Gasteiger partial charge in [-0.3, -0.25) is 9.59 Å². The maximum Gasteiger partial charge on any atom is 0.323 e. The van der Waals surface area contributed by atoms with Crippen LogP contribution < -0.4 is 0 Å². The molecule has 0 atom stereocenters. The summed E-state index contributed by atoms with van der Waals surface area (Å²) in [6.45, 7) is 3.91. The Bertz CT molecular complexity index is 730. The van der Waals surface area contributed by atoms with Crippen LogP contribution in [0, 0.1) is 11.7 Å². The highest BCUT2D eigenvalue weighted by Gasteiger charge is 2.19. The maximum absolute atomic E-state index is 13.3. The van der Waals surface area contributed by atoms with E-state index in [1.807, 2.05) is 13.8 Å². The van der Waals surface area contributed by atoms with E-state index in [9.17, 15) is 14.0 Å². The summed E-state index contributed by atoms with van der Waals surface area (Å²) in [5, 5.41) is 11.3. The van der Waals surface area contributed by atoms with Gasteiger partial charge in [-0.1, -0.05) is 26.0 Å². The van der Waals surface area contributed by atoms with Gasteiger partial charge in [0.2, 0.25) is 5.91 Å². The van der Waals surface area contributed by atoms with Crippen molar-refractivity contribution in [2.24, 2.45) is 5.92 Å². The van der Waals surface area contributed by atoms with Gasteiger partial charge in [0.25, 0.3) is 0 Å². The molecule has 0 aliphatic carbocycles. The summed E-state index contributed by atoms with van der Waals surface area (Å²) in [6.07, 6.45) is 0.0335. The number of carboxylic acids is 1. The van der Waals surface area contributed by atoms with Crippen molar-refractivity contribution >= 4 is 23.2 Å².